The van der Waals surface area contributed by atoms with E-state index >= 15 is 0 Å². The first-order valence-electron chi connectivity index (χ1n) is 5.88. The van der Waals surface area contributed by atoms with Crippen molar-refractivity contribution in [3.8, 4) is 0 Å². The van der Waals surface area contributed by atoms with E-state index in [1.54, 1.807) is 0 Å². The number of amides is 1. The maximum atomic E-state index is 11.9. The van der Waals surface area contributed by atoms with Gasteiger partial charge in [0.05, 0.1) is 18.8 Å². The minimum atomic E-state index is -0.0901. The summed E-state index contributed by atoms with van der Waals surface area (Å²) in [4.78, 5) is 11.9. The van der Waals surface area contributed by atoms with Gasteiger partial charge in [0.15, 0.2) is 0 Å². The van der Waals surface area contributed by atoms with Crippen LogP contribution in [-0.2, 0) is 4.74 Å². The molecule has 0 aliphatic rings. The van der Waals surface area contributed by atoms with E-state index in [4.69, 9.17) is 9.84 Å². The van der Waals surface area contributed by atoms with Crippen molar-refractivity contribution >= 4 is 21.8 Å². The average Bonchev–Trinajstić information content (AvgIpc) is 2.36. The Balaban J connectivity index is 2.34. The van der Waals surface area contributed by atoms with Gasteiger partial charge in [0, 0.05) is 17.6 Å². The number of hydrogen-bond acceptors (Lipinski definition) is 3. The number of halogens is 1. The molecule has 0 aliphatic heterocycles. The number of rotatable bonds is 7. The van der Waals surface area contributed by atoms with Gasteiger partial charge in [-0.2, -0.15) is 0 Å². The van der Waals surface area contributed by atoms with Crippen molar-refractivity contribution in [2.24, 2.45) is 0 Å². The van der Waals surface area contributed by atoms with Crippen LogP contribution < -0.4 is 5.32 Å². The van der Waals surface area contributed by atoms with E-state index in [0.717, 1.165) is 16.5 Å². The van der Waals surface area contributed by atoms with Crippen molar-refractivity contribution in [3.63, 3.8) is 0 Å². The molecule has 2 N–H and O–H groups in total. The van der Waals surface area contributed by atoms with E-state index in [0.29, 0.717) is 25.3 Å². The summed E-state index contributed by atoms with van der Waals surface area (Å²) in [5, 5.41) is 11.3. The Hall–Kier alpha value is -0.910. The Morgan fingerprint density at radius 2 is 2.22 bits per heavy atom. The molecule has 0 bridgehead atoms. The first kappa shape index (κ1) is 15.1. The van der Waals surface area contributed by atoms with E-state index < -0.39 is 0 Å². The highest BCUT2D eigenvalue weighted by molar-refractivity contribution is 9.10. The lowest BCUT2D eigenvalue weighted by Gasteiger charge is -2.08. The fourth-order valence-electron chi connectivity index (χ4n) is 1.45. The smallest absolute Gasteiger partial charge is 0.252 e. The number of ether oxygens (including phenoxy) is 1. The molecule has 5 heteroatoms. The summed E-state index contributed by atoms with van der Waals surface area (Å²) in [6, 6.07) is 5.67. The largest absolute Gasteiger partial charge is 0.394 e. The molecule has 0 saturated carbocycles. The number of aryl methyl sites for hydroxylation is 1. The van der Waals surface area contributed by atoms with Gasteiger partial charge in [0.1, 0.15) is 0 Å². The lowest BCUT2D eigenvalue weighted by molar-refractivity contribution is 0.0867. The summed E-state index contributed by atoms with van der Waals surface area (Å²) in [5.74, 6) is -0.0901. The van der Waals surface area contributed by atoms with Gasteiger partial charge in [-0.3, -0.25) is 4.79 Å². The predicted octanol–water partition coefficient (Wildman–Crippen LogP) is 1.89. The van der Waals surface area contributed by atoms with Crippen LogP contribution in [0, 0.1) is 6.92 Å². The molecule has 18 heavy (non-hydrogen) atoms. The van der Waals surface area contributed by atoms with Crippen LogP contribution in [0.2, 0.25) is 0 Å². The quantitative estimate of drug-likeness (QED) is 0.755. The van der Waals surface area contributed by atoms with Crippen LogP contribution in [0.25, 0.3) is 0 Å². The average molecular weight is 316 g/mol. The van der Waals surface area contributed by atoms with Crippen molar-refractivity contribution in [1.29, 1.82) is 0 Å². The molecule has 0 spiro atoms. The number of benzene rings is 1. The van der Waals surface area contributed by atoms with E-state index in [9.17, 15) is 4.79 Å². The Kier molecular flexibility index (Phi) is 6.93. The molecular formula is C13H18BrNO3. The zero-order valence-corrected chi connectivity index (χ0v) is 12.0. The van der Waals surface area contributed by atoms with Gasteiger partial charge in [-0.05, 0) is 41.4 Å². The molecule has 0 saturated heterocycles. The summed E-state index contributed by atoms with van der Waals surface area (Å²) in [7, 11) is 0. The maximum Gasteiger partial charge on any atom is 0.252 e. The van der Waals surface area contributed by atoms with Crippen molar-refractivity contribution in [3.05, 3.63) is 33.8 Å². The lowest BCUT2D eigenvalue weighted by Crippen LogP contribution is -2.25. The molecule has 0 aliphatic carbocycles. The van der Waals surface area contributed by atoms with Crippen LogP contribution in [0.15, 0.2) is 22.7 Å². The molecule has 1 aromatic rings. The topological polar surface area (TPSA) is 58.6 Å². The standard InChI is InChI=1S/C13H18BrNO3/c1-10-3-4-12(14)11(9-10)13(17)15-5-2-7-18-8-6-16/h3-4,9,16H,2,5-8H2,1H3,(H,15,17). The molecule has 1 amide bonds. The van der Waals surface area contributed by atoms with Crippen molar-refractivity contribution < 1.29 is 14.6 Å². The van der Waals surface area contributed by atoms with E-state index in [2.05, 4.69) is 21.2 Å². The number of nitrogens with one attached hydrogen (secondary N) is 1. The molecule has 0 fully saturated rings. The number of carbonyl (C=O) groups is 1. The van der Waals surface area contributed by atoms with Crippen molar-refractivity contribution in [1.82, 2.24) is 5.32 Å². The molecule has 0 unspecified atom stereocenters. The van der Waals surface area contributed by atoms with Crippen molar-refractivity contribution in [2.75, 3.05) is 26.4 Å². The van der Waals surface area contributed by atoms with Gasteiger partial charge in [-0.15, -0.1) is 0 Å². The Labute approximate surface area is 115 Å². The van der Waals surface area contributed by atoms with Crippen LogP contribution in [0.4, 0.5) is 0 Å². The first-order chi connectivity index (χ1) is 8.65. The van der Waals surface area contributed by atoms with E-state index in [-0.39, 0.29) is 12.5 Å². The third-order valence-corrected chi connectivity index (χ3v) is 3.04. The zero-order valence-electron chi connectivity index (χ0n) is 10.4. The normalized spacial score (nSPS) is 10.4. The highest BCUT2D eigenvalue weighted by atomic mass is 79.9. The minimum Gasteiger partial charge on any atom is -0.394 e. The number of aliphatic hydroxyl groups is 1. The summed E-state index contributed by atoms with van der Waals surface area (Å²) in [6.07, 6.45) is 0.731. The zero-order chi connectivity index (χ0) is 13.4. The second-order valence-electron chi connectivity index (χ2n) is 3.93. The Morgan fingerprint density at radius 3 is 2.94 bits per heavy atom. The van der Waals surface area contributed by atoms with Gasteiger partial charge in [0.25, 0.3) is 5.91 Å². The highest BCUT2D eigenvalue weighted by Gasteiger charge is 2.09. The molecule has 4 nitrogen and oxygen atoms in total. The molecule has 100 valence electrons. The number of carbonyl (C=O) groups excluding carboxylic acids is 1. The summed E-state index contributed by atoms with van der Waals surface area (Å²) in [5.41, 5.74) is 1.70. The minimum absolute atomic E-state index is 0.0304. The van der Waals surface area contributed by atoms with Gasteiger partial charge in [-0.25, -0.2) is 0 Å². The number of aliphatic hydroxyl groups excluding tert-OH is 1. The molecule has 0 atom stereocenters. The van der Waals surface area contributed by atoms with Crippen LogP contribution in [0.5, 0.6) is 0 Å². The van der Waals surface area contributed by atoms with Gasteiger partial charge in [-0.1, -0.05) is 11.6 Å². The third kappa shape index (κ3) is 5.16. The summed E-state index contributed by atoms with van der Waals surface area (Å²) < 4.78 is 5.90. The fraction of sp³-hybridized carbons (Fsp3) is 0.462. The molecule has 1 aromatic carbocycles. The SMILES string of the molecule is Cc1ccc(Br)c(C(=O)NCCCOCCO)c1. The third-order valence-electron chi connectivity index (χ3n) is 2.35. The van der Waals surface area contributed by atoms with Crippen molar-refractivity contribution in [2.45, 2.75) is 13.3 Å². The fourth-order valence-corrected chi connectivity index (χ4v) is 1.88. The Bertz CT molecular complexity index is 396. The van der Waals surface area contributed by atoms with Gasteiger partial charge >= 0.3 is 0 Å². The molecule has 0 radical (unpaired) electrons. The summed E-state index contributed by atoms with van der Waals surface area (Å²) >= 11 is 3.36. The molecule has 1 rings (SSSR count). The van der Waals surface area contributed by atoms with Crippen LogP contribution in [0.3, 0.4) is 0 Å². The lowest BCUT2D eigenvalue weighted by atomic mass is 10.1. The Morgan fingerprint density at radius 1 is 1.44 bits per heavy atom. The second-order valence-corrected chi connectivity index (χ2v) is 4.78. The molecule has 0 heterocycles. The molecular weight excluding hydrogens is 298 g/mol. The second kappa shape index (κ2) is 8.24. The highest BCUT2D eigenvalue weighted by Crippen LogP contribution is 2.17. The monoisotopic (exact) mass is 315 g/mol. The molecule has 0 aromatic heterocycles. The van der Waals surface area contributed by atoms with Gasteiger partial charge < -0.3 is 15.2 Å². The predicted molar refractivity (Wildman–Crippen MR) is 73.7 cm³/mol. The van der Waals surface area contributed by atoms with Crippen LogP contribution in [-0.4, -0.2) is 37.4 Å². The van der Waals surface area contributed by atoms with Crippen LogP contribution in [0.1, 0.15) is 22.3 Å². The van der Waals surface area contributed by atoms with E-state index in [1.165, 1.54) is 0 Å². The van der Waals surface area contributed by atoms with E-state index in [1.807, 2.05) is 25.1 Å². The first-order valence-corrected chi connectivity index (χ1v) is 6.67. The number of hydrogen-bond donors (Lipinski definition) is 2. The van der Waals surface area contributed by atoms with Gasteiger partial charge in [0.2, 0.25) is 0 Å². The summed E-state index contributed by atoms with van der Waals surface area (Å²) in [6.45, 7) is 3.42. The van der Waals surface area contributed by atoms with Crippen LogP contribution >= 0.6 is 15.9 Å². The maximum absolute atomic E-state index is 11.9.